The number of hydrogen-bond acceptors (Lipinski definition) is 7. The van der Waals surface area contributed by atoms with Crippen molar-refractivity contribution in [3.63, 3.8) is 0 Å². The molecule has 46 heavy (non-hydrogen) atoms. The zero-order valence-electron chi connectivity index (χ0n) is 25.7. The van der Waals surface area contributed by atoms with Crippen molar-refractivity contribution < 1.29 is 23.0 Å². The average Bonchev–Trinajstić information content (AvgIpc) is 3.29. The van der Waals surface area contributed by atoms with Crippen LogP contribution in [0.4, 0.5) is 19.0 Å². The first-order valence-corrected chi connectivity index (χ1v) is 17.3. The molecule has 1 aliphatic carbocycles. The Morgan fingerprint density at radius 2 is 1.89 bits per heavy atom. The van der Waals surface area contributed by atoms with Crippen LogP contribution in [0.1, 0.15) is 37.7 Å². The predicted molar refractivity (Wildman–Crippen MR) is 178 cm³/mol. The summed E-state index contributed by atoms with van der Waals surface area (Å²) in [4.78, 5) is 11.7. The Balaban J connectivity index is 1.34. The second-order valence-corrected chi connectivity index (χ2v) is 13.9. The van der Waals surface area contributed by atoms with Crippen LogP contribution in [0.5, 0.6) is 11.8 Å². The van der Waals surface area contributed by atoms with Crippen LogP contribution in [0.2, 0.25) is 0 Å². The van der Waals surface area contributed by atoms with Crippen molar-refractivity contribution in [3.8, 4) is 35.2 Å². The van der Waals surface area contributed by atoms with E-state index in [2.05, 4.69) is 27.4 Å². The Hall–Kier alpha value is -3.68. The molecule has 2 bridgehead atoms. The molecule has 10 heteroatoms. The summed E-state index contributed by atoms with van der Waals surface area (Å²) in [6.45, 7) is 2.92. The van der Waals surface area contributed by atoms with Gasteiger partial charge in [-0.15, -0.1) is 6.42 Å². The number of anilines is 1. The van der Waals surface area contributed by atoms with Gasteiger partial charge in [-0.25, -0.2) is 13.2 Å². The Labute approximate surface area is 271 Å². The van der Waals surface area contributed by atoms with Crippen molar-refractivity contribution in [2.75, 3.05) is 43.9 Å². The number of alkyl halides is 1. The Bertz CT molecular complexity index is 1820. The third-order valence-electron chi connectivity index (χ3n) is 9.94. The summed E-state index contributed by atoms with van der Waals surface area (Å²) in [7, 11) is 0. The molecule has 0 radical (unpaired) electrons. The van der Waals surface area contributed by atoms with Gasteiger partial charge < -0.3 is 20.1 Å². The van der Waals surface area contributed by atoms with E-state index in [9.17, 15) is 13.9 Å². The number of hydrogen-bond donors (Lipinski definition) is 2. The van der Waals surface area contributed by atoms with Crippen LogP contribution < -0.4 is 15.0 Å². The lowest BCUT2D eigenvalue weighted by atomic mass is 9.93. The number of fused-ring (bicyclic) bond motifs is 4. The molecule has 3 heterocycles. The Morgan fingerprint density at radius 3 is 2.65 bits per heavy atom. The van der Waals surface area contributed by atoms with Crippen molar-refractivity contribution in [3.05, 3.63) is 53.6 Å². The summed E-state index contributed by atoms with van der Waals surface area (Å²) < 4.78 is 52.3. The number of nitrogens with zero attached hydrogens (tertiary/aromatic N) is 3. The van der Waals surface area contributed by atoms with E-state index >= 15 is 4.39 Å². The molecule has 3 aromatic carbocycles. The first kappa shape index (κ1) is 30.9. The number of phenols is 1. The van der Waals surface area contributed by atoms with Crippen LogP contribution in [0.15, 0.2) is 36.4 Å². The summed E-state index contributed by atoms with van der Waals surface area (Å²) in [5.74, 6) is 2.67. The van der Waals surface area contributed by atoms with Gasteiger partial charge in [0, 0.05) is 41.2 Å². The monoisotopic (exact) mass is 646 g/mol. The maximum atomic E-state index is 16.9. The molecule has 2 aliphatic heterocycles. The molecule has 1 saturated carbocycles. The summed E-state index contributed by atoms with van der Waals surface area (Å²) in [5.41, 5.74) is 0.449. The number of terminal acetylenes is 1. The number of phenolic OH excluding ortho intramolecular Hbond substituents is 1. The van der Waals surface area contributed by atoms with Gasteiger partial charge in [0.05, 0.1) is 12.2 Å². The molecule has 2 N–H and O–H groups in total. The van der Waals surface area contributed by atoms with Gasteiger partial charge >= 0.3 is 6.01 Å². The van der Waals surface area contributed by atoms with E-state index < -0.39 is 17.8 Å². The number of aromatic nitrogens is 2. The van der Waals surface area contributed by atoms with Gasteiger partial charge in [-0.3, -0.25) is 0 Å². The molecule has 0 amide bonds. The number of benzene rings is 3. The lowest BCUT2D eigenvalue weighted by Crippen LogP contribution is -2.44. The van der Waals surface area contributed by atoms with Gasteiger partial charge in [0.2, 0.25) is 0 Å². The fourth-order valence-corrected chi connectivity index (χ4v) is 9.04. The third kappa shape index (κ3) is 5.73. The van der Waals surface area contributed by atoms with Crippen LogP contribution in [0.3, 0.4) is 0 Å². The second-order valence-electron chi connectivity index (χ2n) is 12.9. The van der Waals surface area contributed by atoms with E-state index in [0.29, 0.717) is 52.0 Å². The van der Waals surface area contributed by atoms with Crippen molar-refractivity contribution in [2.45, 2.75) is 43.5 Å². The van der Waals surface area contributed by atoms with Crippen molar-refractivity contribution >= 4 is 39.3 Å². The smallest absolute Gasteiger partial charge is 0.319 e. The summed E-state index contributed by atoms with van der Waals surface area (Å²) in [6.07, 6.45) is 11.3. The number of nitrogens with one attached hydrogen (secondary N) is 1. The first-order valence-electron chi connectivity index (χ1n) is 16.0. The molecule has 6 nitrogen and oxygen atoms in total. The predicted octanol–water partition coefficient (Wildman–Crippen LogP) is 7.10. The van der Waals surface area contributed by atoms with Crippen molar-refractivity contribution in [1.29, 1.82) is 0 Å². The van der Waals surface area contributed by atoms with Crippen LogP contribution in [0, 0.1) is 41.7 Å². The number of thioether (sulfide) groups is 1. The summed E-state index contributed by atoms with van der Waals surface area (Å²) in [6, 6.07) is 9.08. The quantitative estimate of drug-likeness (QED) is 0.217. The number of piperidine rings is 1. The molecular formula is C36H37F3N4O2S. The second kappa shape index (κ2) is 12.8. The first-order chi connectivity index (χ1) is 22.3. The largest absolute Gasteiger partial charge is 0.508 e. The highest BCUT2D eigenvalue weighted by Crippen LogP contribution is 2.46. The highest BCUT2D eigenvalue weighted by atomic mass is 32.2. The molecule has 2 saturated heterocycles. The van der Waals surface area contributed by atoms with E-state index in [1.54, 1.807) is 12.1 Å². The van der Waals surface area contributed by atoms with Gasteiger partial charge in [-0.05, 0) is 97.9 Å². The zero-order chi connectivity index (χ0) is 31.9. The molecule has 4 aromatic rings. The summed E-state index contributed by atoms with van der Waals surface area (Å²) in [5, 5.41) is 15.7. The van der Waals surface area contributed by atoms with E-state index in [4.69, 9.17) is 16.1 Å². The molecular weight excluding hydrogens is 609 g/mol. The van der Waals surface area contributed by atoms with Crippen LogP contribution >= 0.6 is 11.8 Å². The third-order valence-corrected chi connectivity index (χ3v) is 11.3. The van der Waals surface area contributed by atoms with Crippen LogP contribution in [-0.2, 0) is 0 Å². The van der Waals surface area contributed by atoms with E-state index in [-0.39, 0.29) is 46.5 Å². The SMILES string of the molecule is C#Cc1c(F)ccc2cc(O)cc(-c3ccc4c(N5CC6CCC(C5)C6SC)nc(OC[C@@H]5CCCNC[C@H](F)C5)nc4c3F)c12. The van der Waals surface area contributed by atoms with Gasteiger partial charge in [0.1, 0.15) is 29.1 Å². The highest BCUT2D eigenvalue weighted by Gasteiger charge is 2.42. The number of ether oxygens (including phenoxy) is 1. The molecule has 240 valence electrons. The standard InChI is InChI=1S/C36H37F3N4O2S/c1-3-26-30(38)11-8-21-14-25(44)15-29(31(21)26)27-9-10-28-33(32(27)39)41-36(45-19-20-5-4-12-40-16-24(37)13-20)42-35(28)43-17-22-6-7-23(18-43)34(22)46-2/h1,8-11,14-15,20,22-24,34,40,44H,4-7,12-13,16-19H2,2H3/t20-,22?,23?,24-,34?/m1/s1. The van der Waals surface area contributed by atoms with Crippen molar-refractivity contribution in [2.24, 2.45) is 17.8 Å². The maximum Gasteiger partial charge on any atom is 0.319 e. The highest BCUT2D eigenvalue weighted by molar-refractivity contribution is 7.99. The fraction of sp³-hybridized carbons (Fsp3) is 0.444. The number of aromatic hydroxyl groups is 1. The maximum absolute atomic E-state index is 16.9. The fourth-order valence-electron chi connectivity index (χ4n) is 7.83. The van der Waals surface area contributed by atoms with Gasteiger partial charge in [0.25, 0.3) is 0 Å². The Morgan fingerprint density at radius 1 is 1.09 bits per heavy atom. The molecule has 1 aromatic heterocycles. The van der Waals surface area contributed by atoms with E-state index in [0.717, 1.165) is 45.3 Å². The van der Waals surface area contributed by atoms with Gasteiger partial charge in [0.15, 0.2) is 5.82 Å². The number of rotatable bonds is 6. The van der Waals surface area contributed by atoms with Crippen LogP contribution in [0.25, 0.3) is 32.8 Å². The number of halogens is 3. The minimum absolute atomic E-state index is 0.00731. The topological polar surface area (TPSA) is 70.5 Å². The average molecular weight is 647 g/mol. The van der Waals surface area contributed by atoms with Crippen molar-refractivity contribution in [1.82, 2.24) is 15.3 Å². The summed E-state index contributed by atoms with van der Waals surface area (Å²) >= 11 is 1.92. The normalized spacial score (nSPS) is 24.9. The lowest BCUT2D eigenvalue weighted by molar-refractivity contribution is 0.166. The van der Waals surface area contributed by atoms with Gasteiger partial charge in [-0.2, -0.15) is 21.7 Å². The zero-order valence-corrected chi connectivity index (χ0v) is 26.6. The Kier molecular flexibility index (Phi) is 8.64. The molecule has 3 fully saturated rings. The van der Waals surface area contributed by atoms with Crippen LogP contribution in [-0.4, -0.2) is 65.5 Å². The molecule has 7 rings (SSSR count). The lowest BCUT2D eigenvalue weighted by Gasteiger charge is -2.38. The molecule has 2 unspecified atom stereocenters. The molecule has 4 atom stereocenters. The van der Waals surface area contributed by atoms with Gasteiger partial charge in [-0.1, -0.05) is 18.1 Å². The minimum Gasteiger partial charge on any atom is -0.508 e. The molecule has 0 spiro atoms. The van der Waals surface area contributed by atoms with E-state index in [1.165, 1.54) is 24.3 Å². The minimum atomic E-state index is -0.968. The van der Waals surface area contributed by atoms with E-state index in [1.807, 2.05) is 11.8 Å². The molecule has 3 aliphatic rings.